The Balaban J connectivity index is 1.51. The second-order valence-electron chi connectivity index (χ2n) is 15.6. The van der Waals surface area contributed by atoms with E-state index in [1.807, 2.05) is 39.0 Å². The normalized spacial score (nSPS) is 19.5. The molecule has 4 rings (SSSR count). The van der Waals surface area contributed by atoms with Crippen molar-refractivity contribution in [1.29, 1.82) is 0 Å². The molecule has 0 spiro atoms. The van der Waals surface area contributed by atoms with Gasteiger partial charge in [0.1, 0.15) is 36.6 Å². The van der Waals surface area contributed by atoms with Gasteiger partial charge < -0.3 is 34.6 Å². The van der Waals surface area contributed by atoms with E-state index in [0.717, 1.165) is 22.6 Å². The van der Waals surface area contributed by atoms with Gasteiger partial charge in [0.25, 0.3) is 0 Å². The molecule has 1 unspecified atom stereocenters. The number of benzene rings is 2. The fourth-order valence-corrected chi connectivity index (χ4v) is 6.44. The first-order valence-corrected chi connectivity index (χ1v) is 17.7. The number of amides is 5. The number of likely N-dealkylation sites (tertiary alicyclic amines) is 2. The van der Waals surface area contributed by atoms with Crippen LogP contribution < -0.4 is 15.4 Å². The predicted octanol–water partition coefficient (Wildman–Crippen LogP) is 4.48. The molecule has 2 saturated heterocycles. The molecular weight excluding hydrogens is 692 g/mol. The van der Waals surface area contributed by atoms with Crippen LogP contribution in [0.2, 0.25) is 0 Å². The number of hydrogen-bond donors (Lipinski definition) is 2. The smallest absolute Gasteiger partial charge is 0.410 e. The Kier molecular flexibility index (Phi) is 12.9. The fourth-order valence-electron chi connectivity index (χ4n) is 6.44. The highest BCUT2D eigenvalue weighted by molar-refractivity contribution is 5.92. The predicted molar refractivity (Wildman–Crippen MR) is 190 cm³/mol. The number of carbonyl (C=O) groups is 5. The lowest BCUT2D eigenvalue weighted by molar-refractivity contribution is -0.142. The van der Waals surface area contributed by atoms with Gasteiger partial charge in [-0.1, -0.05) is 51.1 Å². The van der Waals surface area contributed by atoms with E-state index in [9.17, 15) is 32.8 Å². The van der Waals surface area contributed by atoms with E-state index < -0.39 is 76.7 Å². The van der Waals surface area contributed by atoms with Gasteiger partial charge in [-0.05, 0) is 57.2 Å². The van der Waals surface area contributed by atoms with Crippen LogP contribution in [0.25, 0.3) is 0 Å². The van der Waals surface area contributed by atoms with Gasteiger partial charge in [0, 0.05) is 32.1 Å². The molecule has 0 bridgehead atoms. The third kappa shape index (κ3) is 10.6. The molecule has 2 aromatic carbocycles. The molecule has 2 aliphatic heterocycles. The van der Waals surface area contributed by atoms with E-state index >= 15 is 0 Å². The number of carbonyl (C=O) groups excluding carboxylic acids is 5. The molecule has 15 heteroatoms. The van der Waals surface area contributed by atoms with Gasteiger partial charge >= 0.3 is 12.2 Å². The van der Waals surface area contributed by atoms with Crippen LogP contribution in [0.5, 0.6) is 5.75 Å². The van der Waals surface area contributed by atoms with Crippen molar-refractivity contribution < 1.29 is 47.0 Å². The second-order valence-corrected chi connectivity index (χ2v) is 15.6. The summed E-state index contributed by atoms with van der Waals surface area (Å²) in [6, 6.07) is 9.21. The van der Waals surface area contributed by atoms with Gasteiger partial charge in [0.15, 0.2) is 11.6 Å². The number of halogens is 2. The van der Waals surface area contributed by atoms with Crippen LogP contribution in [-0.4, -0.2) is 108 Å². The van der Waals surface area contributed by atoms with E-state index in [2.05, 4.69) is 10.6 Å². The summed E-state index contributed by atoms with van der Waals surface area (Å²) < 4.78 is 44.1. The molecule has 53 heavy (non-hydrogen) atoms. The Morgan fingerprint density at radius 1 is 0.962 bits per heavy atom. The summed E-state index contributed by atoms with van der Waals surface area (Å²) in [6.07, 6.45) is -1.06. The second kappa shape index (κ2) is 16.8. The first-order valence-electron chi connectivity index (χ1n) is 17.7. The molecular formula is C38H51F2N5O8. The van der Waals surface area contributed by atoms with E-state index in [4.69, 9.17) is 14.2 Å². The summed E-state index contributed by atoms with van der Waals surface area (Å²) in [5, 5.41) is 5.36. The Bertz CT molecular complexity index is 1650. The maximum absolute atomic E-state index is 14.5. The third-order valence-corrected chi connectivity index (χ3v) is 9.33. The summed E-state index contributed by atoms with van der Waals surface area (Å²) >= 11 is 0. The molecule has 0 aromatic heterocycles. The molecule has 290 valence electrons. The highest BCUT2D eigenvalue weighted by Gasteiger charge is 2.53. The van der Waals surface area contributed by atoms with Crippen LogP contribution >= 0.6 is 0 Å². The van der Waals surface area contributed by atoms with Crippen LogP contribution in [0.3, 0.4) is 0 Å². The van der Waals surface area contributed by atoms with Crippen LogP contribution in [0.15, 0.2) is 48.5 Å². The quantitative estimate of drug-likeness (QED) is 0.343. The Morgan fingerprint density at radius 3 is 2.26 bits per heavy atom. The van der Waals surface area contributed by atoms with Gasteiger partial charge in [0.05, 0.1) is 18.7 Å². The minimum atomic E-state index is -1.08. The van der Waals surface area contributed by atoms with Crippen molar-refractivity contribution in [3.63, 3.8) is 0 Å². The van der Waals surface area contributed by atoms with Crippen molar-refractivity contribution >= 4 is 29.9 Å². The van der Waals surface area contributed by atoms with Crippen molar-refractivity contribution in [2.75, 3.05) is 33.3 Å². The van der Waals surface area contributed by atoms with E-state index in [-0.39, 0.29) is 44.5 Å². The molecule has 5 amide bonds. The first-order chi connectivity index (χ1) is 24.8. The number of alkyl carbamates (subject to hydrolysis) is 1. The molecule has 2 aliphatic rings. The summed E-state index contributed by atoms with van der Waals surface area (Å²) in [4.78, 5) is 71.1. The number of nitrogens with zero attached hydrogens (tertiary/aromatic N) is 3. The summed E-state index contributed by atoms with van der Waals surface area (Å²) in [7, 11) is 1.44. The zero-order chi connectivity index (χ0) is 39.2. The highest BCUT2D eigenvalue weighted by atomic mass is 19.2. The molecule has 2 fully saturated rings. The number of fused-ring (bicyclic) bond motifs is 1. The lowest BCUT2D eigenvalue weighted by Gasteiger charge is -2.38. The van der Waals surface area contributed by atoms with Gasteiger partial charge in [0.2, 0.25) is 17.7 Å². The standard InChI is InChI=1S/C38H51F2N5O8/c1-23(43(8)36(50)53-38(5,6)7)33(47)42-32(37(2,3)4)34(48)44-17-16-29-31(44)25(22-51-26-14-15-27(39)28(40)18-26)20-45(29)30(46)19-41-35(49)52-21-24-12-10-9-11-13-24/h9-15,18,23,25,29,31-32H,16-17,19-22H2,1-8H3,(H,41,49)(H,42,47)/t23-,25+,29+,31+,32?/m0/s1. The molecule has 13 nitrogen and oxygen atoms in total. The van der Waals surface area contributed by atoms with Crippen LogP contribution in [0.4, 0.5) is 18.4 Å². The zero-order valence-corrected chi connectivity index (χ0v) is 31.6. The lowest BCUT2D eigenvalue weighted by atomic mass is 9.85. The Labute approximate surface area is 309 Å². The largest absolute Gasteiger partial charge is 0.493 e. The van der Waals surface area contributed by atoms with E-state index in [1.54, 1.807) is 42.7 Å². The molecule has 0 aliphatic carbocycles. The summed E-state index contributed by atoms with van der Waals surface area (Å²) in [5.41, 5.74) is -0.767. The maximum atomic E-state index is 14.5. The molecule has 2 N–H and O–H groups in total. The third-order valence-electron chi connectivity index (χ3n) is 9.33. The van der Waals surface area contributed by atoms with Crippen LogP contribution in [-0.2, 0) is 30.5 Å². The van der Waals surface area contributed by atoms with Crippen LogP contribution in [0, 0.1) is 23.0 Å². The van der Waals surface area contributed by atoms with Crippen LogP contribution in [0.1, 0.15) is 60.5 Å². The van der Waals surface area contributed by atoms with Crippen molar-refractivity contribution in [2.45, 2.75) is 91.3 Å². The first kappa shape index (κ1) is 40.8. The SMILES string of the molecule is C[C@@H](C(=O)NC(C(=O)N1CC[C@@H]2[C@H]1[C@@H](COc1ccc(F)c(F)c1)CN2C(=O)CNC(=O)OCc1ccccc1)C(C)(C)C)N(C)C(=O)OC(C)(C)C. The van der Waals surface area contributed by atoms with Gasteiger partial charge in [-0.3, -0.25) is 19.3 Å². The fraction of sp³-hybridized carbons (Fsp3) is 0.553. The van der Waals surface area contributed by atoms with Gasteiger partial charge in [-0.2, -0.15) is 0 Å². The highest BCUT2D eigenvalue weighted by Crippen LogP contribution is 2.38. The average Bonchev–Trinajstić information content (AvgIpc) is 3.68. The zero-order valence-electron chi connectivity index (χ0n) is 31.6. The number of rotatable bonds is 11. The molecule has 2 aromatic rings. The van der Waals surface area contributed by atoms with Gasteiger partial charge in [-0.25, -0.2) is 18.4 Å². The maximum Gasteiger partial charge on any atom is 0.410 e. The lowest BCUT2D eigenvalue weighted by Crippen LogP contribution is -2.60. The number of ether oxygens (including phenoxy) is 3. The van der Waals surface area contributed by atoms with E-state index in [0.29, 0.717) is 6.42 Å². The Hall–Kier alpha value is -4.95. The van der Waals surface area contributed by atoms with E-state index in [1.165, 1.54) is 20.0 Å². The average molecular weight is 744 g/mol. The molecule has 0 radical (unpaired) electrons. The van der Waals surface area contributed by atoms with Crippen molar-refractivity contribution in [3.8, 4) is 5.75 Å². The topological polar surface area (TPSA) is 147 Å². The molecule has 5 atom stereocenters. The monoisotopic (exact) mass is 743 g/mol. The summed E-state index contributed by atoms with van der Waals surface area (Å²) in [5.74, 6) is -3.86. The Morgan fingerprint density at radius 2 is 1.64 bits per heavy atom. The molecule has 2 heterocycles. The number of likely N-dealkylation sites (N-methyl/N-ethyl adjacent to an activating group) is 1. The number of nitrogens with one attached hydrogen (secondary N) is 2. The van der Waals surface area contributed by atoms with Crippen molar-refractivity contribution in [1.82, 2.24) is 25.3 Å². The minimum Gasteiger partial charge on any atom is -0.493 e. The van der Waals surface area contributed by atoms with Gasteiger partial charge in [-0.15, -0.1) is 0 Å². The molecule has 0 saturated carbocycles. The summed E-state index contributed by atoms with van der Waals surface area (Å²) in [6.45, 7) is 12.1. The minimum absolute atomic E-state index is 0.0251. The van der Waals surface area contributed by atoms with Crippen molar-refractivity contribution in [3.05, 3.63) is 65.7 Å². The van der Waals surface area contributed by atoms with Crippen molar-refractivity contribution in [2.24, 2.45) is 11.3 Å². The number of hydrogen-bond acceptors (Lipinski definition) is 8.